The van der Waals surface area contributed by atoms with E-state index in [4.69, 9.17) is 16.3 Å². The molecule has 0 radical (unpaired) electrons. The van der Waals surface area contributed by atoms with Gasteiger partial charge in [-0.2, -0.15) is 0 Å². The van der Waals surface area contributed by atoms with Crippen LogP contribution in [0.5, 0.6) is 5.75 Å². The number of benzene rings is 3. The maximum Gasteiger partial charge on any atom is 0.251 e. The lowest BCUT2D eigenvalue weighted by atomic mass is 10.2. The molecule has 25 heavy (non-hydrogen) atoms. The van der Waals surface area contributed by atoms with Crippen LogP contribution in [0.4, 0.5) is 0 Å². The molecule has 1 N–H and O–H groups in total. The standard InChI is InChI=1S/C21H18ClNO2/c22-19-10-4-8-17(12-19)15-25-20-11-5-9-18(13-20)21(24)23-14-16-6-2-1-3-7-16/h1-13H,14-15H2,(H,23,24). The second-order valence-electron chi connectivity index (χ2n) is 5.61. The summed E-state index contributed by atoms with van der Waals surface area (Å²) >= 11 is 5.97. The molecular formula is C21H18ClNO2. The quantitative estimate of drug-likeness (QED) is 0.689. The fourth-order valence-electron chi connectivity index (χ4n) is 2.40. The van der Waals surface area contributed by atoms with Gasteiger partial charge in [-0.3, -0.25) is 4.79 Å². The Morgan fingerprint density at radius 2 is 1.64 bits per heavy atom. The second-order valence-corrected chi connectivity index (χ2v) is 6.05. The molecule has 4 heteroatoms. The molecule has 0 fully saturated rings. The summed E-state index contributed by atoms with van der Waals surface area (Å²) in [4.78, 5) is 12.3. The molecule has 3 rings (SSSR count). The van der Waals surface area contributed by atoms with Gasteiger partial charge in [-0.15, -0.1) is 0 Å². The van der Waals surface area contributed by atoms with Crippen molar-refractivity contribution in [2.45, 2.75) is 13.2 Å². The average Bonchev–Trinajstić information content (AvgIpc) is 2.65. The summed E-state index contributed by atoms with van der Waals surface area (Å²) in [7, 11) is 0. The molecule has 126 valence electrons. The van der Waals surface area contributed by atoms with E-state index in [1.807, 2.05) is 66.7 Å². The molecular weight excluding hydrogens is 334 g/mol. The monoisotopic (exact) mass is 351 g/mol. The van der Waals surface area contributed by atoms with E-state index in [2.05, 4.69) is 5.32 Å². The third-order valence-electron chi connectivity index (χ3n) is 3.69. The molecule has 0 saturated heterocycles. The summed E-state index contributed by atoms with van der Waals surface area (Å²) in [6.07, 6.45) is 0. The zero-order valence-electron chi connectivity index (χ0n) is 13.6. The minimum atomic E-state index is -0.128. The molecule has 0 aromatic heterocycles. The molecule has 1 amide bonds. The van der Waals surface area contributed by atoms with Gasteiger partial charge < -0.3 is 10.1 Å². The number of nitrogens with one attached hydrogen (secondary N) is 1. The molecule has 3 nitrogen and oxygen atoms in total. The summed E-state index contributed by atoms with van der Waals surface area (Å²) < 4.78 is 5.76. The Bertz CT molecular complexity index is 849. The summed E-state index contributed by atoms with van der Waals surface area (Å²) in [5.41, 5.74) is 2.61. The van der Waals surface area contributed by atoms with Crippen molar-refractivity contribution in [2.75, 3.05) is 0 Å². The second kappa shape index (κ2) is 8.36. The highest BCUT2D eigenvalue weighted by Crippen LogP contribution is 2.17. The number of rotatable bonds is 6. The van der Waals surface area contributed by atoms with E-state index < -0.39 is 0 Å². The van der Waals surface area contributed by atoms with E-state index in [9.17, 15) is 4.79 Å². The highest BCUT2D eigenvalue weighted by atomic mass is 35.5. The van der Waals surface area contributed by atoms with Gasteiger partial charge >= 0.3 is 0 Å². The van der Waals surface area contributed by atoms with Crippen LogP contribution < -0.4 is 10.1 Å². The predicted octanol–water partition coefficient (Wildman–Crippen LogP) is 4.85. The summed E-state index contributed by atoms with van der Waals surface area (Å²) in [5.74, 6) is 0.518. The number of carbonyl (C=O) groups is 1. The van der Waals surface area contributed by atoms with E-state index in [0.29, 0.717) is 29.5 Å². The van der Waals surface area contributed by atoms with E-state index >= 15 is 0 Å². The van der Waals surface area contributed by atoms with Crippen LogP contribution in [-0.4, -0.2) is 5.91 Å². The number of amides is 1. The van der Waals surface area contributed by atoms with E-state index in [1.54, 1.807) is 12.1 Å². The van der Waals surface area contributed by atoms with Crippen LogP contribution in [0.1, 0.15) is 21.5 Å². The summed E-state index contributed by atoms with van der Waals surface area (Å²) in [5, 5.41) is 3.59. The van der Waals surface area contributed by atoms with Crippen LogP contribution in [0, 0.1) is 0 Å². The molecule has 0 bridgehead atoms. The highest BCUT2D eigenvalue weighted by Gasteiger charge is 2.07. The first-order chi connectivity index (χ1) is 12.2. The maximum atomic E-state index is 12.3. The molecule has 3 aromatic rings. The number of hydrogen-bond acceptors (Lipinski definition) is 2. The lowest BCUT2D eigenvalue weighted by Crippen LogP contribution is -2.22. The highest BCUT2D eigenvalue weighted by molar-refractivity contribution is 6.30. The molecule has 0 spiro atoms. The number of hydrogen-bond donors (Lipinski definition) is 1. The van der Waals surface area contributed by atoms with Crippen molar-refractivity contribution in [1.82, 2.24) is 5.32 Å². The average molecular weight is 352 g/mol. The van der Waals surface area contributed by atoms with Gasteiger partial charge in [-0.25, -0.2) is 0 Å². The van der Waals surface area contributed by atoms with Crippen LogP contribution in [0.3, 0.4) is 0 Å². The summed E-state index contributed by atoms with van der Waals surface area (Å²) in [6.45, 7) is 0.892. The van der Waals surface area contributed by atoms with Crippen LogP contribution in [-0.2, 0) is 13.2 Å². The molecule has 0 heterocycles. The van der Waals surface area contributed by atoms with Crippen molar-refractivity contribution >= 4 is 17.5 Å². The lowest BCUT2D eigenvalue weighted by Gasteiger charge is -2.09. The molecule has 0 saturated carbocycles. The van der Waals surface area contributed by atoms with Crippen LogP contribution in [0.25, 0.3) is 0 Å². The molecule has 0 aliphatic heterocycles. The Hall–Kier alpha value is -2.78. The maximum absolute atomic E-state index is 12.3. The molecule has 3 aromatic carbocycles. The number of ether oxygens (including phenoxy) is 1. The topological polar surface area (TPSA) is 38.3 Å². The van der Waals surface area contributed by atoms with Crippen molar-refractivity contribution in [3.8, 4) is 5.75 Å². The Balaban J connectivity index is 1.59. The first-order valence-corrected chi connectivity index (χ1v) is 8.38. The fourth-order valence-corrected chi connectivity index (χ4v) is 2.61. The number of carbonyl (C=O) groups excluding carboxylic acids is 1. The molecule has 0 aliphatic carbocycles. The third-order valence-corrected chi connectivity index (χ3v) is 3.92. The third kappa shape index (κ3) is 5.10. The summed E-state index contributed by atoms with van der Waals surface area (Å²) in [6, 6.07) is 24.5. The van der Waals surface area contributed by atoms with Gasteiger partial charge in [0.2, 0.25) is 0 Å². The van der Waals surface area contributed by atoms with Crippen LogP contribution >= 0.6 is 11.6 Å². The Kier molecular flexibility index (Phi) is 5.70. The fraction of sp³-hybridized carbons (Fsp3) is 0.0952. The van der Waals surface area contributed by atoms with Crippen molar-refractivity contribution in [1.29, 1.82) is 0 Å². The first kappa shape index (κ1) is 17.1. The van der Waals surface area contributed by atoms with Gasteiger partial charge in [0, 0.05) is 17.1 Å². The Labute approximate surface area is 152 Å². The van der Waals surface area contributed by atoms with Gasteiger partial charge in [-0.1, -0.05) is 60.1 Å². The number of halogens is 1. The van der Waals surface area contributed by atoms with E-state index in [-0.39, 0.29) is 5.91 Å². The largest absolute Gasteiger partial charge is 0.489 e. The smallest absolute Gasteiger partial charge is 0.251 e. The Morgan fingerprint density at radius 1 is 0.880 bits per heavy atom. The van der Waals surface area contributed by atoms with Gasteiger partial charge in [0.1, 0.15) is 12.4 Å². The normalized spacial score (nSPS) is 10.3. The lowest BCUT2D eigenvalue weighted by molar-refractivity contribution is 0.0950. The Morgan fingerprint density at radius 3 is 2.44 bits per heavy atom. The predicted molar refractivity (Wildman–Crippen MR) is 99.8 cm³/mol. The van der Waals surface area contributed by atoms with Gasteiger partial charge in [0.25, 0.3) is 5.91 Å². The van der Waals surface area contributed by atoms with E-state index in [1.165, 1.54) is 0 Å². The molecule has 0 atom stereocenters. The van der Waals surface area contributed by atoms with E-state index in [0.717, 1.165) is 11.1 Å². The molecule has 0 aliphatic rings. The zero-order chi connectivity index (χ0) is 17.5. The van der Waals surface area contributed by atoms with Crippen molar-refractivity contribution in [2.24, 2.45) is 0 Å². The minimum Gasteiger partial charge on any atom is -0.489 e. The van der Waals surface area contributed by atoms with Crippen molar-refractivity contribution in [3.63, 3.8) is 0 Å². The van der Waals surface area contributed by atoms with Crippen LogP contribution in [0.15, 0.2) is 78.9 Å². The SMILES string of the molecule is O=C(NCc1ccccc1)c1cccc(OCc2cccc(Cl)c2)c1. The molecule has 0 unspecified atom stereocenters. The minimum absolute atomic E-state index is 0.128. The van der Waals surface area contributed by atoms with Gasteiger partial charge in [-0.05, 0) is 41.5 Å². The van der Waals surface area contributed by atoms with Crippen LogP contribution in [0.2, 0.25) is 5.02 Å². The van der Waals surface area contributed by atoms with Gasteiger partial charge in [0.05, 0.1) is 0 Å². The zero-order valence-corrected chi connectivity index (χ0v) is 14.4. The van der Waals surface area contributed by atoms with Gasteiger partial charge in [0.15, 0.2) is 0 Å². The first-order valence-electron chi connectivity index (χ1n) is 8.00. The van der Waals surface area contributed by atoms with Crippen molar-refractivity contribution < 1.29 is 9.53 Å². The van der Waals surface area contributed by atoms with Crippen molar-refractivity contribution in [3.05, 3.63) is 101 Å².